The Morgan fingerprint density at radius 3 is 2.25 bits per heavy atom. The molecule has 94 valence electrons. The Balaban J connectivity index is 1.88. The maximum absolute atomic E-state index is 10.6. The second-order valence-corrected chi connectivity index (χ2v) is 5.99. The molecule has 0 unspecified atom stereocenters. The van der Waals surface area contributed by atoms with Gasteiger partial charge in [0.2, 0.25) is 0 Å². The second-order valence-electron chi connectivity index (χ2n) is 5.99. The molecule has 2 aliphatic rings. The Morgan fingerprint density at radius 2 is 1.88 bits per heavy atom. The second kappa shape index (κ2) is 4.26. The van der Waals surface area contributed by atoms with E-state index in [-0.39, 0.29) is 5.54 Å². The Morgan fingerprint density at radius 1 is 1.31 bits per heavy atom. The van der Waals surface area contributed by atoms with E-state index in [0.717, 1.165) is 45.6 Å². The van der Waals surface area contributed by atoms with Crippen molar-refractivity contribution in [1.82, 2.24) is 10.2 Å². The monoisotopic (exact) mass is 227 g/mol. The molecule has 16 heavy (non-hydrogen) atoms. The zero-order chi connectivity index (χ0) is 11.8. The van der Waals surface area contributed by atoms with Crippen LogP contribution in [-0.2, 0) is 0 Å². The third kappa shape index (κ3) is 2.12. The Kier molecular flexibility index (Phi) is 3.27. The molecule has 0 spiro atoms. The quantitative estimate of drug-likeness (QED) is 0.623. The van der Waals surface area contributed by atoms with Crippen LogP contribution in [0.3, 0.4) is 0 Å². The van der Waals surface area contributed by atoms with Crippen LogP contribution in [-0.4, -0.2) is 53.9 Å². The van der Waals surface area contributed by atoms with Crippen molar-refractivity contribution in [1.29, 1.82) is 0 Å². The van der Waals surface area contributed by atoms with E-state index in [1.807, 2.05) is 0 Å². The van der Waals surface area contributed by atoms with Crippen LogP contribution in [0.5, 0.6) is 0 Å². The molecule has 2 fully saturated rings. The first-order chi connectivity index (χ1) is 7.45. The van der Waals surface area contributed by atoms with Crippen molar-refractivity contribution in [3.8, 4) is 0 Å². The van der Waals surface area contributed by atoms with Gasteiger partial charge in [0.05, 0.1) is 11.1 Å². The van der Waals surface area contributed by atoms with Crippen LogP contribution in [0.15, 0.2) is 0 Å². The number of hydrogen-bond acceptors (Lipinski definition) is 4. The topological polar surface area (TPSA) is 61.5 Å². The van der Waals surface area contributed by atoms with Crippen LogP contribution in [0.4, 0.5) is 0 Å². The summed E-state index contributed by atoms with van der Waals surface area (Å²) in [5.41, 5.74) is 5.20. The summed E-state index contributed by atoms with van der Waals surface area (Å²) >= 11 is 0. The highest BCUT2D eigenvalue weighted by molar-refractivity contribution is 5.13. The molecule has 0 aromatic carbocycles. The van der Waals surface area contributed by atoms with Crippen LogP contribution in [0, 0.1) is 5.92 Å². The molecule has 0 aromatic heterocycles. The van der Waals surface area contributed by atoms with E-state index in [1.165, 1.54) is 0 Å². The van der Waals surface area contributed by atoms with Gasteiger partial charge < -0.3 is 21.1 Å². The molecule has 0 radical (unpaired) electrons. The molecule has 0 saturated carbocycles. The number of nitrogens with zero attached hydrogens (tertiary/aromatic N) is 1. The van der Waals surface area contributed by atoms with Gasteiger partial charge in [-0.15, -0.1) is 0 Å². The van der Waals surface area contributed by atoms with E-state index in [4.69, 9.17) is 5.73 Å². The van der Waals surface area contributed by atoms with Gasteiger partial charge in [-0.1, -0.05) is 13.8 Å². The smallest absolute Gasteiger partial charge is 0.0875 e. The average molecular weight is 227 g/mol. The Labute approximate surface area is 98.2 Å². The van der Waals surface area contributed by atoms with Gasteiger partial charge in [0, 0.05) is 32.7 Å². The molecule has 2 aliphatic heterocycles. The van der Waals surface area contributed by atoms with E-state index in [1.54, 1.807) is 0 Å². The summed E-state index contributed by atoms with van der Waals surface area (Å²) in [6.07, 6.45) is 1.63. The SMILES string of the molecule is CC(C)CN1CCC(O)(C2(N)CNC2)CC1. The van der Waals surface area contributed by atoms with Crippen molar-refractivity contribution in [3.63, 3.8) is 0 Å². The molecular formula is C12H25N3O. The molecule has 4 nitrogen and oxygen atoms in total. The highest BCUT2D eigenvalue weighted by Crippen LogP contribution is 2.34. The van der Waals surface area contributed by atoms with E-state index in [0.29, 0.717) is 5.92 Å². The molecule has 2 saturated heterocycles. The predicted octanol–water partition coefficient (Wildman–Crippen LogP) is -0.230. The highest BCUT2D eigenvalue weighted by Gasteiger charge is 2.52. The standard InChI is InChI=1S/C12H25N3O/c1-10(2)7-15-5-3-12(16,4-6-15)11(13)8-14-9-11/h10,14,16H,3-9,13H2,1-2H3. The lowest BCUT2D eigenvalue weighted by molar-refractivity contribution is -0.0979. The van der Waals surface area contributed by atoms with Gasteiger partial charge in [-0.3, -0.25) is 0 Å². The molecule has 4 heteroatoms. The molecule has 0 aromatic rings. The van der Waals surface area contributed by atoms with Crippen LogP contribution in [0.1, 0.15) is 26.7 Å². The molecule has 2 rings (SSSR count). The average Bonchev–Trinajstić information content (AvgIpc) is 2.17. The number of hydrogen-bond donors (Lipinski definition) is 3. The minimum atomic E-state index is -0.647. The molecule has 2 heterocycles. The van der Waals surface area contributed by atoms with Crippen LogP contribution < -0.4 is 11.1 Å². The van der Waals surface area contributed by atoms with Gasteiger partial charge >= 0.3 is 0 Å². The number of nitrogens with two attached hydrogens (primary N) is 1. The molecule has 0 bridgehead atoms. The Bertz CT molecular complexity index is 243. The normalized spacial score (nSPS) is 29.1. The first kappa shape index (κ1) is 12.3. The van der Waals surface area contributed by atoms with Gasteiger partial charge in [0.25, 0.3) is 0 Å². The summed E-state index contributed by atoms with van der Waals surface area (Å²) in [6.45, 7) is 9.08. The highest BCUT2D eigenvalue weighted by atomic mass is 16.3. The van der Waals surface area contributed by atoms with Gasteiger partial charge in [-0.25, -0.2) is 0 Å². The van der Waals surface area contributed by atoms with Gasteiger partial charge in [-0.2, -0.15) is 0 Å². The largest absolute Gasteiger partial charge is 0.388 e. The zero-order valence-corrected chi connectivity index (χ0v) is 10.5. The third-order valence-electron chi connectivity index (χ3n) is 4.11. The maximum Gasteiger partial charge on any atom is 0.0875 e. The number of rotatable bonds is 3. The summed E-state index contributed by atoms with van der Waals surface area (Å²) in [5, 5.41) is 13.8. The maximum atomic E-state index is 10.6. The summed E-state index contributed by atoms with van der Waals surface area (Å²) in [4.78, 5) is 2.44. The fourth-order valence-corrected chi connectivity index (χ4v) is 2.84. The fraction of sp³-hybridized carbons (Fsp3) is 1.00. The molecule has 0 amide bonds. The summed E-state index contributed by atoms with van der Waals surface area (Å²) in [7, 11) is 0. The zero-order valence-electron chi connectivity index (χ0n) is 10.5. The Hall–Kier alpha value is -0.160. The lowest BCUT2D eigenvalue weighted by atomic mass is 9.70. The molecule has 4 N–H and O–H groups in total. The fourth-order valence-electron chi connectivity index (χ4n) is 2.84. The van der Waals surface area contributed by atoms with Crippen LogP contribution >= 0.6 is 0 Å². The number of likely N-dealkylation sites (tertiary alicyclic amines) is 1. The minimum absolute atomic E-state index is 0.378. The van der Waals surface area contributed by atoms with Crippen molar-refractivity contribution in [2.45, 2.75) is 37.8 Å². The van der Waals surface area contributed by atoms with Crippen molar-refractivity contribution < 1.29 is 5.11 Å². The van der Waals surface area contributed by atoms with Gasteiger partial charge in [0.15, 0.2) is 0 Å². The first-order valence-corrected chi connectivity index (χ1v) is 6.40. The van der Waals surface area contributed by atoms with Crippen LogP contribution in [0.2, 0.25) is 0 Å². The van der Waals surface area contributed by atoms with E-state index in [2.05, 4.69) is 24.1 Å². The van der Waals surface area contributed by atoms with E-state index in [9.17, 15) is 5.11 Å². The molecular weight excluding hydrogens is 202 g/mol. The lowest BCUT2D eigenvalue weighted by Crippen LogP contribution is -2.78. The van der Waals surface area contributed by atoms with Crippen molar-refractivity contribution in [3.05, 3.63) is 0 Å². The van der Waals surface area contributed by atoms with E-state index >= 15 is 0 Å². The van der Waals surface area contributed by atoms with Crippen molar-refractivity contribution >= 4 is 0 Å². The van der Waals surface area contributed by atoms with E-state index < -0.39 is 5.60 Å². The molecule has 0 atom stereocenters. The number of aliphatic hydroxyl groups is 1. The van der Waals surface area contributed by atoms with Crippen molar-refractivity contribution in [2.75, 3.05) is 32.7 Å². The summed E-state index contributed by atoms with van der Waals surface area (Å²) in [5.74, 6) is 0.698. The predicted molar refractivity (Wildman–Crippen MR) is 65.2 cm³/mol. The molecule has 0 aliphatic carbocycles. The summed E-state index contributed by atoms with van der Waals surface area (Å²) in [6, 6.07) is 0. The van der Waals surface area contributed by atoms with Crippen molar-refractivity contribution in [2.24, 2.45) is 11.7 Å². The minimum Gasteiger partial charge on any atom is -0.388 e. The summed E-state index contributed by atoms with van der Waals surface area (Å²) < 4.78 is 0. The van der Waals surface area contributed by atoms with Crippen LogP contribution in [0.25, 0.3) is 0 Å². The number of nitrogens with one attached hydrogen (secondary N) is 1. The third-order valence-corrected chi connectivity index (χ3v) is 4.11. The first-order valence-electron chi connectivity index (χ1n) is 6.40. The lowest BCUT2D eigenvalue weighted by Gasteiger charge is -2.54. The number of piperidine rings is 1. The van der Waals surface area contributed by atoms with Gasteiger partial charge in [0.1, 0.15) is 0 Å². The van der Waals surface area contributed by atoms with Gasteiger partial charge in [-0.05, 0) is 18.8 Å².